The number of rotatable bonds is 4. The fourth-order valence-electron chi connectivity index (χ4n) is 1.77. The van der Waals surface area contributed by atoms with Gasteiger partial charge in [0.15, 0.2) is 5.78 Å². The van der Waals surface area contributed by atoms with Gasteiger partial charge in [0, 0.05) is 18.8 Å². The van der Waals surface area contributed by atoms with Crippen molar-refractivity contribution in [1.29, 1.82) is 0 Å². The third kappa shape index (κ3) is 2.89. The van der Waals surface area contributed by atoms with E-state index in [1.165, 1.54) is 24.3 Å². The summed E-state index contributed by atoms with van der Waals surface area (Å²) in [6.45, 7) is 0. The molecule has 108 valence electrons. The molecule has 8 heteroatoms. The van der Waals surface area contributed by atoms with E-state index < -0.39 is 22.1 Å². The molecule has 1 aromatic carbocycles. The number of phenols is 1. The number of carbonyl (C=O) groups is 1. The number of phenolic OH excluding ortho intramolecular Hbond substituents is 1. The number of benzene rings is 1. The lowest BCUT2D eigenvalue weighted by atomic mass is 10.1. The molecule has 0 bridgehead atoms. The lowest BCUT2D eigenvalue weighted by Gasteiger charge is -2.03. The van der Waals surface area contributed by atoms with Crippen molar-refractivity contribution in [1.82, 2.24) is 9.78 Å². The van der Waals surface area contributed by atoms with E-state index >= 15 is 0 Å². The molecule has 0 atom stereocenters. The first-order chi connectivity index (χ1) is 9.90. The Balaban J connectivity index is 2.34. The van der Waals surface area contributed by atoms with Crippen molar-refractivity contribution in [2.24, 2.45) is 7.05 Å². The number of nitrogens with zero attached hydrogens (tertiary/aromatic N) is 3. The minimum absolute atomic E-state index is 0.184. The summed E-state index contributed by atoms with van der Waals surface area (Å²) < 4.78 is 1.57. The Morgan fingerprint density at radius 3 is 2.81 bits per heavy atom. The van der Waals surface area contributed by atoms with Gasteiger partial charge in [-0.25, -0.2) is 0 Å². The Bertz CT molecular complexity index is 749. The summed E-state index contributed by atoms with van der Waals surface area (Å²) in [5.74, 6) is -1.31. The number of aryl methyl sites for hydroxylation is 1. The number of aromatic nitrogens is 2. The van der Waals surface area contributed by atoms with E-state index in [0.29, 0.717) is 5.56 Å². The number of nitrogen functional groups attached to an aromatic ring is 1. The lowest BCUT2D eigenvalue weighted by molar-refractivity contribution is -0.384. The van der Waals surface area contributed by atoms with E-state index in [1.54, 1.807) is 24.1 Å². The number of anilines is 1. The van der Waals surface area contributed by atoms with Crippen LogP contribution < -0.4 is 5.73 Å². The SMILES string of the molecule is Cn1cc(C=CC(=O)c2ccc(N)c([N+](=O)[O-])c2O)cn1. The van der Waals surface area contributed by atoms with Gasteiger partial charge in [-0.2, -0.15) is 5.10 Å². The molecular formula is C13H12N4O4. The molecule has 0 aliphatic rings. The molecule has 0 unspecified atom stereocenters. The second-order valence-corrected chi connectivity index (χ2v) is 4.30. The van der Waals surface area contributed by atoms with Crippen LogP contribution >= 0.6 is 0 Å². The predicted molar refractivity (Wildman–Crippen MR) is 75.7 cm³/mol. The smallest absolute Gasteiger partial charge is 0.334 e. The maximum Gasteiger partial charge on any atom is 0.334 e. The van der Waals surface area contributed by atoms with Gasteiger partial charge < -0.3 is 10.8 Å². The van der Waals surface area contributed by atoms with Gasteiger partial charge in [-0.15, -0.1) is 0 Å². The number of hydrogen-bond acceptors (Lipinski definition) is 6. The quantitative estimate of drug-likeness (QED) is 0.289. The van der Waals surface area contributed by atoms with E-state index in [0.717, 1.165) is 0 Å². The molecule has 0 aliphatic carbocycles. The Morgan fingerprint density at radius 1 is 1.52 bits per heavy atom. The minimum atomic E-state index is -0.827. The highest BCUT2D eigenvalue weighted by molar-refractivity contribution is 6.09. The fourth-order valence-corrected chi connectivity index (χ4v) is 1.77. The number of nitro benzene ring substituents is 1. The number of nitrogens with two attached hydrogens (primary N) is 1. The number of carbonyl (C=O) groups excluding carboxylic acids is 1. The molecule has 0 radical (unpaired) electrons. The van der Waals surface area contributed by atoms with E-state index in [2.05, 4.69) is 5.10 Å². The molecule has 1 aromatic heterocycles. The van der Waals surface area contributed by atoms with Crippen LogP contribution in [0.25, 0.3) is 6.08 Å². The Labute approximate surface area is 119 Å². The largest absolute Gasteiger partial charge is 0.502 e. The van der Waals surface area contributed by atoms with Crippen molar-refractivity contribution >= 4 is 23.2 Å². The highest BCUT2D eigenvalue weighted by Gasteiger charge is 2.23. The summed E-state index contributed by atoms with van der Waals surface area (Å²) in [5.41, 5.74) is 5.05. The molecule has 8 nitrogen and oxygen atoms in total. The minimum Gasteiger partial charge on any atom is -0.502 e. The lowest BCUT2D eigenvalue weighted by Crippen LogP contribution is -2.01. The van der Waals surface area contributed by atoms with E-state index in [1.807, 2.05) is 0 Å². The molecule has 2 aromatic rings. The highest BCUT2D eigenvalue weighted by atomic mass is 16.6. The second kappa shape index (κ2) is 5.45. The third-order valence-electron chi connectivity index (χ3n) is 2.78. The summed E-state index contributed by atoms with van der Waals surface area (Å²) in [6.07, 6.45) is 5.94. The Hall–Kier alpha value is -3.16. The van der Waals surface area contributed by atoms with Gasteiger partial charge in [-0.3, -0.25) is 19.6 Å². The van der Waals surface area contributed by atoms with Crippen molar-refractivity contribution in [2.75, 3.05) is 5.73 Å². The summed E-state index contributed by atoms with van der Waals surface area (Å²) in [5, 5.41) is 24.6. The first kappa shape index (κ1) is 14.3. The molecule has 0 saturated carbocycles. The van der Waals surface area contributed by atoms with Crippen LogP contribution in [0.5, 0.6) is 5.75 Å². The number of allylic oxidation sites excluding steroid dienone is 1. The van der Waals surface area contributed by atoms with Crippen LogP contribution in [0.1, 0.15) is 15.9 Å². The molecule has 0 spiro atoms. The summed E-state index contributed by atoms with van der Waals surface area (Å²) >= 11 is 0. The summed E-state index contributed by atoms with van der Waals surface area (Å²) in [4.78, 5) is 22.0. The number of hydrogen-bond donors (Lipinski definition) is 2. The van der Waals surface area contributed by atoms with Crippen LogP contribution in [-0.4, -0.2) is 25.6 Å². The van der Waals surface area contributed by atoms with Gasteiger partial charge in [0.2, 0.25) is 5.75 Å². The maximum atomic E-state index is 12.0. The van der Waals surface area contributed by atoms with Gasteiger partial charge in [0.25, 0.3) is 0 Å². The van der Waals surface area contributed by atoms with Crippen LogP contribution in [0, 0.1) is 10.1 Å². The van der Waals surface area contributed by atoms with E-state index in [9.17, 15) is 20.0 Å². The number of ketones is 1. The van der Waals surface area contributed by atoms with Crippen molar-refractivity contribution in [2.45, 2.75) is 0 Å². The molecular weight excluding hydrogens is 276 g/mol. The number of aromatic hydroxyl groups is 1. The number of nitro groups is 1. The van der Waals surface area contributed by atoms with Gasteiger partial charge in [0.1, 0.15) is 5.69 Å². The summed E-state index contributed by atoms with van der Waals surface area (Å²) in [6, 6.07) is 2.45. The molecule has 0 saturated heterocycles. The van der Waals surface area contributed by atoms with Crippen molar-refractivity contribution < 1.29 is 14.8 Å². The topological polar surface area (TPSA) is 124 Å². The van der Waals surface area contributed by atoms with Crippen molar-refractivity contribution in [3.63, 3.8) is 0 Å². The normalized spacial score (nSPS) is 10.9. The molecule has 21 heavy (non-hydrogen) atoms. The van der Waals surface area contributed by atoms with Crippen molar-refractivity contribution in [3.8, 4) is 5.75 Å². The van der Waals surface area contributed by atoms with Crippen molar-refractivity contribution in [3.05, 3.63) is 51.8 Å². The zero-order valence-corrected chi connectivity index (χ0v) is 11.1. The first-order valence-electron chi connectivity index (χ1n) is 5.87. The van der Waals surface area contributed by atoms with Crippen LogP contribution in [0.2, 0.25) is 0 Å². The van der Waals surface area contributed by atoms with Gasteiger partial charge >= 0.3 is 5.69 Å². The average Bonchev–Trinajstić information content (AvgIpc) is 2.81. The van der Waals surface area contributed by atoms with E-state index in [-0.39, 0.29) is 11.3 Å². The monoisotopic (exact) mass is 288 g/mol. The van der Waals surface area contributed by atoms with Gasteiger partial charge in [0.05, 0.1) is 16.7 Å². The molecule has 2 rings (SSSR count). The summed E-state index contributed by atoms with van der Waals surface area (Å²) in [7, 11) is 1.73. The van der Waals surface area contributed by atoms with Crippen LogP contribution in [0.3, 0.4) is 0 Å². The van der Waals surface area contributed by atoms with Gasteiger partial charge in [-0.05, 0) is 24.3 Å². The predicted octanol–water partition coefficient (Wildman–Crippen LogP) is 1.51. The average molecular weight is 288 g/mol. The molecule has 0 aliphatic heterocycles. The fraction of sp³-hybridized carbons (Fsp3) is 0.0769. The molecule has 0 amide bonds. The molecule has 3 N–H and O–H groups in total. The molecule has 0 fully saturated rings. The first-order valence-corrected chi connectivity index (χ1v) is 5.87. The highest BCUT2D eigenvalue weighted by Crippen LogP contribution is 2.35. The van der Waals surface area contributed by atoms with Crippen LogP contribution in [0.4, 0.5) is 11.4 Å². The third-order valence-corrected chi connectivity index (χ3v) is 2.78. The molecule has 1 heterocycles. The maximum absolute atomic E-state index is 12.0. The zero-order valence-electron chi connectivity index (χ0n) is 11.1. The van der Waals surface area contributed by atoms with E-state index in [4.69, 9.17) is 5.73 Å². The van der Waals surface area contributed by atoms with Crippen LogP contribution in [-0.2, 0) is 7.05 Å². The Morgan fingerprint density at radius 2 is 2.24 bits per heavy atom. The van der Waals surface area contributed by atoms with Gasteiger partial charge in [-0.1, -0.05) is 0 Å². The van der Waals surface area contributed by atoms with Crippen LogP contribution in [0.15, 0.2) is 30.6 Å². The standard InChI is InChI=1S/C13H12N4O4/c1-16-7-8(6-15-16)2-5-11(18)9-3-4-10(14)12(13(9)19)17(20)21/h2-7,19H,14H2,1H3. The Kier molecular flexibility index (Phi) is 3.70. The second-order valence-electron chi connectivity index (χ2n) is 4.30. The zero-order chi connectivity index (χ0) is 15.6.